The van der Waals surface area contributed by atoms with E-state index in [1.54, 1.807) is 18.5 Å². The first-order valence-electron chi connectivity index (χ1n) is 9.61. The van der Waals surface area contributed by atoms with Gasteiger partial charge in [-0.3, -0.25) is 9.78 Å². The maximum Gasteiger partial charge on any atom is 0.255 e. The highest BCUT2D eigenvalue weighted by molar-refractivity contribution is 5.94. The molecule has 0 radical (unpaired) electrons. The number of likely N-dealkylation sites (tertiary alicyclic amines) is 1. The lowest BCUT2D eigenvalue weighted by Crippen LogP contribution is -2.41. The van der Waals surface area contributed by atoms with Gasteiger partial charge >= 0.3 is 0 Å². The molecule has 3 aliphatic rings. The van der Waals surface area contributed by atoms with Crippen LogP contribution in [0.25, 0.3) is 0 Å². The predicted octanol–water partition coefficient (Wildman–Crippen LogP) is 2.01. The Balaban J connectivity index is 1.39. The van der Waals surface area contributed by atoms with Crippen LogP contribution in [0, 0.1) is 5.92 Å². The normalized spacial score (nSPS) is 24.1. The van der Waals surface area contributed by atoms with Crippen molar-refractivity contribution < 1.29 is 9.53 Å². The zero-order chi connectivity index (χ0) is 18.3. The molecule has 1 atom stereocenters. The fourth-order valence-electron chi connectivity index (χ4n) is 4.07. The number of hydrogen-bond donors (Lipinski definition) is 1. The zero-order valence-corrected chi connectivity index (χ0v) is 15.2. The smallest absolute Gasteiger partial charge is 0.255 e. The number of carbonyl (C=O) groups excluding carboxylic acids is 1. The maximum absolute atomic E-state index is 12.8. The molecular formula is C20H23N5O2. The summed E-state index contributed by atoms with van der Waals surface area (Å²) in [5.41, 5.74) is 2.46. The monoisotopic (exact) mass is 365 g/mol. The number of aromatic nitrogens is 3. The Morgan fingerprint density at radius 2 is 2.30 bits per heavy atom. The molecule has 7 heteroatoms. The minimum absolute atomic E-state index is 0.0215. The Labute approximate surface area is 158 Å². The van der Waals surface area contributed by atoms with Gasteiger partial charge in [0.25, 0.3) is 5.91 Å². The number of rotatable bonds is 4. The summed E-state index contributed by atoms with van der Waals surface area (Å²) in [7, 11) is 0. The number of nitrogens with one attached hydrogen (secondary N) is 1. The zero-order valence-electron chi connectivity index (χ0n) is 15.2. The SMILES string of the molecule is O=C(c1cccnc1)N1CCC2(COCc3cnc(NCC4CC4)nc32)C1. The van der Waals surface area contributed by atoms with Crippen LogP contribution in [0.3, 0.4) is 0 Å². The van der Waals surface area contributed by atoms with Gasteiger partial charge < -0.3 is 15.0 Å². The first-order chi connectivity index (χ1) is 13.2. The highest BCUT2D eigenvalue weighted by Crippen LogP contribution is 2.39. The molecular weight excluding hydrogens is 342 g/mol. The van der Waals surface area contributed by atoms with E-state index in [2.05, 4.69) is 15.3 Å². The van der Waals surface area contributed by atoms with Crippen molar-refractivity contribution in [2.75, 3.05) is 31.6 Å². The minimum Gasteiger partial charge on any atom is -0.376 e. The Morgan fingerprint density at radius 1 is 1.37 bits per heavy atom. The van der Waals surface area contributed by atoms with Crippen LogP contribution in [0.2, 0.25) is 0 Å². The van der Waals surface area contributed by atoms with E-state index in [4.69, 9.17) is 9.72 Å². The summed E-state index contributed by atoms with van der Waals surface area (Å²) >= 11 is 0. The van der Waals surface area contributed by atoms with Gasteiger partial charge in [0.2, 0.25) is 5.95 Å². The van der Waals surface area contributed by atoms with Crippen LogP contribution >= 0.6 is 0 Å². The van der Waals surface area contributed by atoms with Gasteiger partial charge in [-0.2, -0.15) is 0 Å². The molecule has 1 saturated heterocycles. The average Bonchev–Trinajstić information content (AvgIpc) is 3.46. The van der Waals surface area contributed by atoms with Crippen molar-refractivity contribution in [1.82, 2.24) is 19.9 Å². The number of carbonyl (C=O) groups is 1. The summed E-state index contributed by atoms with van der Waals surface area (Å²) in [4.78, 5) is 28.1. The van der Waals surface area contributed by atoms with Crippen molar-refractivity contribution in [2.24, 2.45) is 5.92 Å². The number of pyridine rings is 1. The van der Waals surface area contributed by atoms with Crippen molar-refractivity contribution in [1.29, 1.82) is 0 Å². The van der Waals surface area contributed by atoms with E-state index in [9.17, 15) is 4.79 Å². The Bertz CT molecular complexity index is 855. The molecule has 1 N–H and O–H groups in total. The second-order valence-electron chi connectivity index (χ2n) is 7.88. The highest BCUT2D eigenvalue weighted by atomic mass is 16.5. The van der Waals surface area contributed by atoms with Crippen molar-refractivity contribution in [3.63, 3.8) is 0 Å². The van der Waals surface area contributed by atoms with E-state index in [0.717, 1.165) is 30.1 Å². The molecule has 2 aliphatic heterocycles. The van der Waals surface area contributed by atoms with E-state index in [0.29, 0.717) is 37.8 Å². The summed E-state index contributed by atoms with van der Waals surface area (Å²) in [5, 5.41) is 3.37. The first kappa shape index (κ1) is 16.6. The molecule has 1 aliphatic carbocycles. The molecule has 2 aromatic rings. The van der Waals surface area contributed by atoms with Crippen molar-refractivity contribution >= 4 is 11.9 Å². The summed E-state index contributed by atoms with van der Waals surface area (Å²) in [6.07, 6.45) is 8.62. The molecule has 0 aromatic carbocycles. The van der Waals surface area contributed by atoms with Crippen LogP contribution in [0.15, 0.2) is 30.7 Å². The highest BCUT2D eigenvalue weighted by Gasteiger charge is 2.46. The van der Waals surface area contributed by atoms with Crippen molar-refractivity contribution in [3.8, 4) is 0 Å². The van der Waals surface area contributed by atoms with Crippen LogP contribution < -0.4 is 5.32 Å². The largest absolute Gasteiger partial charge is 0.376 e. The second kappa shape index (κ2) is 6.56. The number of fused-ring (bicyclic) bond motifs is 2. The molecule has 5 rings (SSSR count). The van der Waals surface area contributed by atoms with Crippen LogP contribution in [0.5, 0.6) is 0 Å². The van der Waals surface area contributed by atoms with Gasteiger partial charge in [0.05, 0.1) is 29.9 Å². The lowest BCUT2D eigenvalue weighted by atomic mass is 9.80. The van der Waals surface area contributed by atoms with Gasteiger partial charge in [0, 0.05) is 43.8 Å². The third-order valence-electron chi connectivity index (χ3n) is 5.80. The van der Waals surface area contributed by atoms with Crippen LogP contribution in [0.1, 0.15) is 40.9 Å². The topological polar surface area (TPSA) is 80.2 Å². The Kier molecular flexibility index (Phi) is 4.04. The van der Waals surface area contributed by atoms with Gasteiger partial charge in [-0.05, 0) is 37.3 Å². The molecule has 0 bridgehead atoms. The molecule has 1 unspecified atom stereocenters. The van der Waals surface area contributed by atoms with Crippen molar-refractivity contribution in [2.45, 2.75) is 31.3 Å². The minimum atomic E-state index is -0.246. The molecule has 1 amide bonds. The van der Waals surface area contributed by atoms with E-state index in [1.165, 1.54) is 12.8 Å². The molecule has 4 heterocycles. The molecule has 1 saturated carbocycles. The molecule has 7 nitrogen and oxygen atoms in total. The predicted molar refractivity (Wildman–Crippen MR) is 99.3 cm³/mol. The lowest BCUT2D eigenvalue weighted by molar-refractivity contribution is 0.0485. The maximum atomic E-state index is 12.8. The van der Waals surface area contributed by atoms with Gasteiger partial charge in [-0.15, -0.1) is 0 Å². The third-order valence-corrected chi connectivity index (χ3v) is 5.80. The van der Waals surface area contributed by atoms with E-state index in [-0.39, 0.29) is 11.3 Å². The van der Waals surface area contributed by atoms with Crippen LogP contribution in [-0.2, 0) is 16.8 Å². The molecule has 27 heavy (non-hydrogen) atoms. The van der Waals surface area contributed by atoms with Gasteiger partial charge in [-0.1, -0.05) is 0 Å². The van der Waals surface area contributed by atoms with Gasteiger partial charge in [0.15, 0.2) is 0 Å². The van der Waals surface area contributed by atoms with Gasteiger partial charge in [-0.25, -0.2) is 9.97 Å². The fraction of sp³-hybridized carbons (Fsp3) is 0.500. The number of nitrogens with zero attached hydrogens (tertiary/aromatic N) is 4. The Morgan fingerprint density at radius 3 is 3.11 bits per heavy atom. The number of anilines is 1. The molecule has 2 aromatic heterocycles. The van der Waals surface area contributed by atoms with Crippen molar-refractivity contribution in [3.05, 3.63) is 47.5 Å². The van der Waals surface area contributed by atoms with Crippen LogP contribution in [0.4, 0.5) is 5.95 Å². The first-order valence-corrected chi connectivity index (χ1v) is 9.61. The number of hydrogen-bond acceptors (Lipinski definition) is 6. The molecule has 140 valence electrons. The third kappa shape index (κ3) is 3.16. The van der Waals surface area contributed by atoms with E-state index < -0.39 is 0 Å². The summed E-state index contributed by atoms with van der Waals surface area (Å²) in [5.74, 6) is 1.48. The summed E-state index contributed by atoms with van der Waals surface area (Å²) in [6, 6.07) is 3.61. The number of amides is 1. The quantitative estimate of drug-likeness (QED) is 0.893. The fourth-order valence-corrected chi connectivity index (χ4v) is 4.07. The lowest BCUT2D eigenvalue weighted by Gasteiger charge is -2.34. The van der Waals surface area contributed by atoms with Crippen LogP contribution in [-0.4, -0.2) is 52.0 Å². The standard InChI is InChI=1S/C20H23N5O2/c26-18(15-2-1-6-21-9-15)25-7-5-20(12-25)13-27-11-16-10-23-19(24-17(16)20)22-8-14-3-4-14/h1-2,6,9-10,14H,3-5,7-8,11-13H2,(H,22,23,24). The van der Waals surface area contributed by atoms with Gasteiger partial charge in [0.1, 0.15) is 0 Å². The molecule has 1 spiro atoms. The molecule has 2 fully saturated rings. The number of ether oxygens (including phenoxy) is 1. The summed E-state index contributed by atoms with van der Waals surface area (Å²) in [6.45, 7) is 3.39. The summed E-state index contributed by atoms with van der Waals surface area (Å²) < 4.78 is 5.86. The average molecular weight is 365 g/mol. The second-order valence-corrected chi connectivity index (χ2v) is 7.88. The Hall–Kier alpha value is -2.54. The van der Waals surface area contributed by atoms with E-state index in [1.807, 2.05) is 17.2 Å². The van der Waals surface area contributed by atoms with E-state index >= 15 is 0 Å².